The van der Waals surface area contributed by atoms with E-state index in [1.165, 1.54) is 16.1 Å². The number of nitrogens with zero attached hydrogens (tertiary/aromatic N) is 4. The second-order valence-corrected chi connectivity index (χ2v) is 14.2. The summed E-state index contributed by atoms with van der Waals surface area (Å²) in [4.78, 5) is 15.9. The lowest BCUT2D eigenvalue weighted by Crippen LogP contribution is -2.32. The molecule has 12 heteroatoms. The summed E-state index contributed by atoms with van der Waals surface area (Å²) >= 11 is 6.85. The molecular formula is C33H32N4O5S3. The van der Waals surface area contributed by atoms with E-state index in [0.29, 0.717) is 57.2 Å². The van der Waals surface area contributed by atoms with E-state index in [2.05, 4.69) is 0 Å². The van der Waals surface area contributed by atoms with Crippen molar-refractivity contribution in [3.8, 4) is 28.4 Å². The maximum Gasteiger partial charge on any atom is 0.266 e. The van der Waals surface area contributed by atoms with Gasteiger partial charge < -0.3 is 9.47 Å². The van der Waals surface area contributed by atoms with Crippen LogP contribution in [0.3, 0.4) is 0 Å². The number of fused-ring (bicyclic) bond motifs is 1. The molecule has 3 heterocycles. The minimum atomic E-state index is -3.71. The average molecular weight is 661 g/mol. The molecule has 0 spiro atoms. The van der Waals surface area contributed by atoms with Crippen molar-refractivity contribution < 1.29 is 22.7 Å². The molecule has 232 valence electrons. The van der Waals surface area contributed by atoms with Gasteiger partial charge in [0.25, 0.3) is 5.91 Å². The highest BCUT2D eigenvalue weighted by molar-refractivity contribution is 8.26. The molecule has 2 aliphatic rings. The second-order valence-electron chi connectivity index (χ2n) is 10.6. The number of rotatable bonds is 11. The fourth-order valence-corrected chi connectivity index (χ4v) is 8.15. The van der Waals surface area contributed by atoms with Crippen LogP contribution in [0.25, 0.3) is 23.0 Å². The first-order chi connectivity index (χ1) is 21.8. The summed E-state index contributed by atoms with van der Waals surface area (Å²) in [6, 6.07) is 22.0. The maximum absolute atomic E-state index is 13.6. The summed E-state index contributed by atoms with van der Waals surface area (Å²) in [7, 11) is -3.71. The van der Waals surface area contributed by atoms with E-state index in [9.17, 15) is 13.2 Å². The number of hydrogen-bond acceptors (Lipinski definition) is 8. The topological polar surface area (TPSA) is 94.0 Å². The van der Waals surface area contributed by atoms with Gasteiger partial charge in [0.05, 0.1) is 22.0 Å². The molecular weight excluding hydrogens is 629 g/mol. The van der Waals surface area contributed by atoms with Gasteiger partial charge in [0.1, 0.15) is 10.0 Å². The predicted octanol–water partition coefficient (Wildman–Crippen LogP) is 6.48. The molecule has 0 bridgehead atoms. The molecule has 0 aliphatic carbocycles. The van der Waals surface area contributed by atoms with Crippen LogP contribution in [0.4, 0.5) is 0 Å². The van der Waals surface area contributed by atoms with Crippen molar-refractivity contribution in [3.05, 3.63) is 95.0 Å². The summed E-state index contributed by atoms with van der Waals surface area (Å²) in [6.07, 6.45) is 5.06. The molecule has 2 aliphatic heterocycles. The van der Waals surface area contributed by atoms with Crippen molar-refractivity contribution in [3.63, 3.8) is 0 Å². The van der Waals surface area contributed by atoms with Gasteiger partial charge in [0.2, 0.25) is 16.8 Å². The van der Waals surface area contributed by atoms with Crippen molar-refractivity contribution in [2.45, 2.75) is 38.1 Å². The molecule has 1 saturated heterocycles. The van der Waals surface area contributed by atoms with Gasteiger partial charge in [-0.1, -0.05) is 74.2 Å². The average Bonchev–Trinajstić information content (AvgIpc) is 3.76. The number of carbonyl (C=O) groups excluding carboxylic acids is 1. The van der Waals surface area contributed by atoms with Gasteiger partial charge in [-0.05, 0) is 60.9 Å². The number of ether oxygens (including phenoxy) is 2. The zero-order chi connectivity index (χ0) is 31.6. The molecule has 9 nitrogen and oxygen atoms in total. The molecule has 1 amide bonds. The Balaban J connectivity index is 1.36. The van der Waals surface area contributed by atoms with Crippen LogP contribution in [0.15, 0.2) is 88.8 Å². The highest BCUT2D eigenvalue weighted by atomic mass is 32.2. The van der Waals surface area contributed by atoms with Crippen LogP contribution in [0.5, 0.6) is 11.5 Å². The zero-order valence-corrected chi connectivity index (χ0v) is 27.3. The SMILES string of the molecule is CCCN(CCC)S(=O)(=O)c1cccc(-c2nn(-c3ccccc3)cc2C=C2SC(=S)N(Cc3ccc4c(c3)OCO4)C2=O)c1. The van der Waals surface area contributed by atoms with Crippen molar-refractivity contribution in [1.82, 2.24) is 19.0 Å². The van der Waals surface area contributed by atoms with Crippen LogP contribution in [-0.4, -0.2) is 57.5 Å². The second kappa shape index (κ2) is 13.2. The number of hydrogen-bond donors (Lipinski definition) is 0. The Bertz CT molecular complexity index is 1880. The highest BCUT2D eigenvalue weighted by Crippen LogP contribution is 2.38. The summed E-state index contributed by atoms with van der Waals surface area (Å²) < 4.78 is 41.8. The predicted molar refractivity (Wildman–Crippen MR) is 180 cm³/mol. The van der Waals surface area contributed by atoms with Crippen LogP contribution in [0.2, 0.25) is 0 Å². The molecule has 4 aromatic rings. The van der Waals surface area contributed by atoms with Crippen LogP contribution >= 0.6 is 24.0 Å². The lowest BCUT2D eigenvalue weighted by molar-refractivity contribution is -0.122. The summed E-state index contributed by atoms with van der Waals surface area (Å²) in [5.74, 6) is 1.10. The number of amides is 1. The van der Waals surface area contributed by atoms with Gasteiger partial charge in [0, 0.05) is 30.4 Å². The number of thioether (sulfide) groups is 1. The van der Waals surface area contributed by atoms with Crippen molar-refractivity contribution in [2.75, 3.05) is 19.9 Å². The Kier molecular flexibility index (Phi) is 9.09. The number of aromatic nitrogens is 2. The first-order valence-electron chi connectivity index (χ1n) is 14.7. The largest absolute Gasteiger partial charge is 0.454 e. The fourth-order valence-electron chi connectivity index (χ4n) is 5.23. The third kappa shape index (κ3) is 6.41. The molecule has 1 fully saturated rings. The van der Waals surface area contributed by atoms with Gasteiger partial charge in [0.15, 0.2) is 11.5 Å². The van der Waals surface area contributed by atoms with Crippen LogP contribution in [-0.2, 0) is 21.4 Å². The third-order valence-corrected chi connectivity index (χ3v) is 10.7. The standard InChI is InChI=1S/C33H32N4O5S3/c1-3-15-35(16-4-2)45(39,40)27-12-8-9-24(18-27)31-25(21-37(34-31)26-10-6-5-7-11-26)19-30-32(38)36(33(43)44-30)20-23-13-14-28-29(17-23)42-22-41-28/h5-14,17-19,21H,3-4,15-16,20,22H2,1-2H3. The Morgan fingerprint density at radius 1 is 0.978 bits per heavy atom. The van der Waals surface area contributed by atoms with E-state index >= 15 is 0 Å². The quantitative estimate of drug-likeness (QED) is 0.133. The smallest absolute Gasteiger partial charge is 0.266 e. The monoisotopic (exact) mass is 660 g/mol. The van der Waals surface area contributed by atoms with Crippen LogP contribution in [0.1, 0.15) is 37.8 Å². The van der Waals surface area contributed by atoms with E-state index in [1.54, 1.807) is 33.9 Å². The number of para-hydroxylation sites is 1. The number of sulfonamides is 1. The molecule has 0 atom stereocenters. The van der Waals surface area contributed by atoms with Crippen LogP contribution < -0.4 is 9.47 Å². The van der Waals surface area contributed by atoms with E-state index in [-0.39, 0.29) is 17.6 Å². The minimum Gasteiger partial charge on any atom is -0.454 e. The van der Waals surface area contributed by atoms with Crippen molar-refractivity contribution in [2.24, 2.45) is 0 Å². The van der Waals surface area contributed by atoms with Crippen molar-refractivity contribution in [1.29, 1.82) is 0 Å². The molecule has 0 radical (unpaired) electrons. The third-order valence-electron chi connectivity index (χ3n) is 7.39. The first-order valence-corrected chi connectivity index (χ1v) is 17.3. The van der Waals surface area contributed by atoms with E-state index in [1.807, 2.05) is 74.6 Å². The van der Waals surface area contributed by atoms with Gasteiger partial charge in [-0.15, -0.1) is 0 Å². The molecule has 0 unspecified atom stereocenters. The van der Waals surface area contributed by atoms with E-state index in [4.69, 9.17) is 26.8 Å². The zero-order valence-electron chi connectivity index (χ0n) is 24.9. The van der Waals surface area contributed by atoms with Gasteiger partial charge in [-0.2, -0.15) is 9.40 Å². The minimum absolute atomic E-state index is 0.173. The Hall–Kier alpha value is -3.97. The lowest BCUT2D eigenvalue weighted by Gasteiger charge is -2.21. The number of carbonyl (C=O) groups is 1. The Morgan fingerprint density at radius 2 is 1.73 bits per heavy atom. The van der Waals surface area contributed by atoms with E-state index in [0.717, 1.165) is 24.1 Å². The molecule has 0 saturated carbocycles. The first kappa shape index (κ1) is 31.0. The van der Waals surface area contributed by atoms with Gasteiger partial charge >= 0.3 is 0 Å². The number of benzene rings is 3. The Labute approximate surface area is 272 Å². The summed E-state index contributed by atoms with van der Waals surface area (Å²) in [6.45, 7) is 5.29. The summed E-state index contributed by atoms with van der Waals surface area (Å²) in [5, 5.41) is 4.87. The van der Waals surface area contributed by atoms with Crippen molar-refractivity contribution >= 4 is 50.3 Å². The molecule has 3 aromatic carbocycles. The summed E-state index contributed by atoms with van der Waals surface area (Å²) in [5.41, 5.74) is 3.54. The van der Waals surface area contributed by atoms with E-state index < -0.39 is 10.0 Å². The lowest BCUT2D eigenvalue weighted by atomic mass is 10.1. The molecule has 1 aromatic heterocycles. The maximum atomic E-state index is 13.6. The fraction of sp³-hybridized carbons (Fsp3) is 0.242. The van der Waals surface area contributed by atoms with Gasteiger partial charge in [-0.25, -0.2) is 13.1 Å². The molecule has 45 heavy (non-hydrogen) atoms. The highest BCUT2D eigenvalue weighted by Gasteiger charge is 2.33. The van der Waals surface area contributed by atoms with Gasteiger partial charge in [-0.3, -0.25) is 9.69 Å². The normalized spacial score (nSPS) is 15.5. The Morgan fingerprint density at radius 3 is 2.49 bits per heavy atom. The molecule has 6 rings (SSSR count). The number of thiocarbonyl (C=S) groups is 1. The van der Waals surface area contributed by atoms with Crippen LogP contribution in [0, 0.1) is 0 Å². The molecule has 0 N–H and O–H groups in total.